The molecular formula is C23H19N3O. The van der Waals surface area contributed by atoms with Crippen LogP contribution in [0.3, 0.4) is 0 Å². The van der Waals surface area contributed by atoms with E-state index in [1.807, 2.05) is 54.6 Å². The molecule has 0 atom stereocenters. The van der Waals surface area contributed by atoms with Crippen LogP contribution in [0, 0.1) is 0 Å². The first kappa shape index (κ1) is 16.8. The van der Waals surface area contributed by atoms with E-state index in [4.69, 9.17) is 0 Å². The Balaban J connectivity index is 1.64. The molecule has 27 heavy (non-hydrogen) atoms. The minimum absolute atomic E-state index is 0.174. The summed E-state index contributed by atoms with van der Waals surface area (Å²) in [7, 11) is 0. The number of hydrogen-bond donors (Lipinski definition) is 1. The maximum atomic E-state index is 13.0. The topological polar surface area (TPSA) is 45.2 Å². The minimum Gasteiger partial charge on any atom is -0.295 e. The summed E-state index contributed by atoms with van der Waals surface area (Å²) in [6.45, 7) is 0.426. The van der Waals surface area contributed by atoms with Crippen LogP contribution in [0.1, 0.15) is 16.1 Å². The fourth-order valence-corrected chi connectivity index (χ4v) is 2.98. The zero-order valence-electron chi connectivity index (χ0n) is 14.7. The largest absolute Gasteiger partial charge is 0.295 e. The van der Waals surface area contributed by atoms with Gasteiger partial charge in [0.25, 0.3) is 5.91 Å². The number of nitrogens with zero attached hydrogens (tertiary/aromatic N) is 2. The third kappa shape index (κ3) is 3.96. The molecule has 3 aromatic carbocycles. The summed E-state index contributed by atoms with van der Waals surface area (Å²) in [5.41, 5.74) is 5.51. The molecule has 132 valence electrons. The van der Waals surface area contributed by atoms with E-state index in [9.17, 15) is 4.79 Å². The number of rotatable bonds is 5. The van der Waals surface area contributed by atoms with Gasteiger partial charge < -0.3 is 0 Å². The van der Waals surface area contributed by atoms with Crippen LogP contribution in [0.15, 0.2) is 97.2 Å². The molecule has 0 fully saturated rings. The highest BCUT2D eigenvalue weighted by molar-refractivity contribution is 5.93. The predicted molar refractivity (Wildman–Crippen MR) is 108 cm³/mol. The van der Waals surface area contributed by atoms with Crippen molar-refractivity contribution in [3.05, 3.63) is 108 Å². The van der Waals surface area contributed by atoms with Crippen molar-refractivity contribution in [1.82, 2.24) is 9.99 Å². The van der Waals surface area contributed by atoms with Crippen LogP contribution in [-0.2, 0) is 6.54 Å². The van der Waals surface area contributed by atoms with E-state index in [1.54, 1.807) is 23.3 Å². The van der Waals surface area contributed by atoms with Crippen LogP contribution in [-0.4, -0.2) is 15.9 Å². The maximum absolute atomic E-state index is 13.0. The summed E-state index contributed by atoms with van der Waals surface area (Å²) in [6.07, 6.45) is 1.63. The number of carbonyl (C=O) groups is 1. The van der Waals surface area contributed by atoms with Crippen LogP contribution in [0.25, 0.3) is 10.8 Å². The van der Waals surface area contributed by atoms with Crippen molar-refractivity contribution < 1.29 is 4.79 Å². The quantitative estimate of drug-likeness (QED) is 0.519. The molecule has 0 spiro atoms. The Morgan fingerprint density at radius 1 is 0.815 bits per heavy atom. The molecule has 0 bridgehead atoms. The van der Waals surface area contributed by atoms with E-state index in [-0.39, 0.29) is 5.91 Å². The number of pyridine rings is 1. The molecule has 4 aromatic rings. The molecule has 0 aliphatic heterocycles. The number of amides is 1. The number of para-hydroxylation sites is 1. The average molecular weight is 353 g/mol. The molecular weight excluding hydrogens is 334 g/mol. The van der Waals surface area contributed by atoms with E-state index in [0.717, 1.165) is 16.6 Å². The SMILES string of the molecule is O=C(c1ccccn1)N(Cc1ccc2ccccc2c1)Nc1ccccc1. The molecule has 0 aliphatic carbocycles. The summed E-state index contributed by atoms with van der Waals surface area (Å²) < 4.78 is 0. The molecule has 1 heterocycles. The van der Waals surface area contributed by atoms with Crippen molar-refractivity contribution in [2.45, 2.75) is 6.54 Å². The number of nitrogens with one attached hydrogen (secondary N) is 1. The summed E-state index contributed by atoms with van der Waals surface area (Å²) in [5, 5.41) is 3.93. The number of fused-ring (bicyclic) bond motifs is 1. The fourth-order valence-electron chi connectivity index (χ4n) is 2.98. The molecule has 1 N–H and O–H groups in total. The van der Waals surface area contributed by atoms with Crippen molar-refractivity contribution in [2.24, 2.45) is 0 Å². The van der Waals surface area contributed by atoms with Crippen molar-refractivity contribution in [2.75, 3.05) is 5.43 Å². The summed E-state index contributed by atoms with van der Waals surface area (Å²) in [5.74, 6) is -0.174. The van der Waals surface area contributed by atoms with Crippen molar-refractivity contribution >= 4 is 22.4 Å². The van der Waals surface area contributed by atoms with Crippen LogP contribution in [0.2, 0.25) is 0 Å². The first-order valence-electron chi connectivity index (χ1n) is 8.82. The molecule has 4 rings (SSSR count). The van der Waals surface area contributed by atoms with Gasteiger partial charge in [-0.25, -0.2) is 5.01 Å². The molecule has 0 saturated carbocycles. The number of aromatic nitrogens is 1. The summed E-state index contributed by atoms with van der Waals surface area (Å²) >= 11 is 0. The van der Waals surface area contributed by atoms with E-state index in [0.29, 0.717) is 12.2 Å². The Morgan fingerprint density at radius 3 is 2.33 bits per heavy atom. The maximum Gasteiger partial charge on any atom is 0.291 e. The number of benzene rings is 3. The van der Waals surface area contributed by atoms with Gasteiger partial charge in [-0.2, -0.15) is 0 Å². The van der Waals surface area contributed by atoms with E-state index in [2.05, 4.69) is 34.7 Å². The lowest BCUT2D eigenvalue weighted by Gasteiger charge is -2.24. The highest BCUT2D eigenvalue weighted by atomic mass is 16.2. The highest BCUT2D eigenvalue weighted by Crippen LogP contribution is 2.18. The zero-order valence-corrected chi connectivity index (χ0v) is 14.7. The third-order valence-corrected chi connectivity index (χ3v) is 4.32. The van der Waals surface area contributed by atoms with Crippen LogP contribution in [0.4, 0.5) is 5.69 Å². The fraction of sp³-hybridized carbons (Fsp3) is 0.0435. The monoisotopic (exact) mass is 353 g/mol. The van der Waals surface area contributed by atoms with Crippen molar-refractivity contribution in [3.63, 3.8) is 0 Å². The normalized spacial score (nSPS) is 10.5. The lowest BCUT2D eigenvalue weighted by molar-refractivity contribution is 0.0777. The van der Waals surface area contributed by atoms with Crippen LogP contribution >= 0.6 is 0 Å². The van der Waals surface area contributed by atoms with E-state index >= 15 is 0 Å². The Kier molecular flexibility index (Phi) is 4.79. The Labute approximate surface area is 158 Å². The standard InChI is InChI=1S/C23H19N3O/c27-23(22-12-6-7-15-24-22)26(25-21-10-2-1-3-11-21)17-18-13-14-19-8-4-5-9-20(19)16-18/h1-16,25H,17H2. The number of anilines is 1. The minimum atomic E-state index is -0.174. The lowest BCUT2D eigenvalue weighted by Crippen LogP contribution is -2.36. The molecule has 1 aromatic heterocycles. The van der Waals surface area contributed by atoms with E-state index < -0.39 is 0 Å². The van der Waals surface area contributed by atoms with Gasteiger partial charge in [-0.1, -0.05) is 60.7 Å². The molecule has 4 heteroatoms. The molecule has 0 radical (unpaired) electrons. The van der Waals surface area contributed by atoms with Gasteiger partial charge in [-0.05, 0) is 46.7 Å². The molecule has 0 unspecified atom stereocenters. The average Bonchev–Trinajstić information content (AvgIpc) is 2.74. The summed E-state index contributed by atoms with van der Waals surface area (Å²) in [4.78, 5) is 17.2. The van der Waals surface area contributed by atoms with Crippen LogP contribution in [0.5, 0.6) is 0 Å². The first-order chi connectivity index (χ1) is 13.3. The smallest absolute Gasteiger partial charge is 0.291 e. The van der Waals surface area contributed by atoms with Gasteiger partial charge >= 0.3 is 0 Å². The molecule has 1 amide bonds. The predicted octanol–water partition coefficient (Wildman–Crippen LogP) is 4.90. The number of hydrazine groups is 1. The molecule has 4 nitrogen and oxygen atoms in total. The number of hydrogen-bond acceptors (Lipinski definition) is 3. The lowest BCUT2D eigenvalue weighted by atomic mass is 10.1. The van der Waals surface area contributed by atoms with Gasteiger partial charge in [0.05, 0.1) is 12.2 Å². The number of carbonyl (C=O) groups excluding carboxylic acids is 1. The van der Waals surface area contributed by atoms with Gasteiger partial charge in [0, 0.05) is 6.20 Å². The van der Waals surface area contributed by atoms with Crippen molar-refractivity contribution in [1.29, 1.82) is 0 Å². The Morgan fingerprint density at radius 2 is 1.56 bits per heavy atom. The first-order valence-corrected chi connectivity index (χ1v) is 8.82. The van der Waals surface area contributed by atoms with Gasteiger partial charge in [-0.3, -0.25) is 15.2 Å². The molecule has 0 aliphatic rings. The van der Waals surface area contributed by atoms with Crippen LogP contribution < -0.4 is 5.43 Å². The second-order valence-corrected chi connectivity index (χ2v) is 6.27. The third-order valence-electron chi connectivity index (χ3n) is 4.32. The Hall–Kier alpha value is -3.66. The van der Waals surface area contributed by atoms with Gasteiger partial charge in [0.15, 0.2) is 0 Å². The van der Waals surface area contributed by atoms with Gasteiger partial charge in [0.2, 0.25) is 0 Å². The van der Waals surface area contributed by atoms with E-state index in [1.165, 1.54) is 5.39 Å². The van der Waals surface area contributed by atoms with Gasteiger partial charge in [0.1, 0.15) is 5.69 Å². The second-order valence-electron chi connectivity index (χ2n) is 6.27. The second kappa shape index (κ2) is 7.70. The van der Waals surface area contributed by atoms with Gasteiger partial charge in [-0.15, -0.1) is 0 Å². The highest BCUT2D eigenvalue weighted by Gasteiger charge is 2.17. The zero-order chi connectivity index (χ0) is 18.5. The molecule has 0 saturated heterocycles. The Bertz CT molecular complexity index is 1050. The van der Waals surface area contributed by atoms with Crippen molar-refractivity contribution in [3.8, 4) is 0 Å². The summed E-state index contributed by atoms with van der Waals surface area (Å²) in [6, 6.07) is 29.5.